The quantitative estimate of drug-likeness (QED) is 0.444. The number of nitrogens with zero attached hydrogens (tertiary/aromatic N) is 2. The summed E-state index contributed by atoms with van der Waals surface area (Å²) in [7, 11) is -2.01. The first-order valence-corrected chi connectivity index (χ1v) is 13.0. The van der Waals surface area contributed by atoms with Crippen LogP contribution in [0.2, 0.25) is 0 Å². The molecule has 170 valence electrons. The van der Waals surface area contributed by atoms with Crippen LogP contribution in [0.4, 0.5) is 0 Å². The van der Waals surface area contributed by atoms with Crippen LogP contribution in [0.5, 0.6) is 0 Å². The number of aryl methyl sites for hydroxylation is 1. The average Bonchev–Trinajstić information content (AvgIpc) is 3.09. The second-order valence-corrected chi connectivity index (χ2v) is 10.6. The van der Waals surface area contributed by atoms with Crippen molar-refractivity contribution in [1.82, 2.24) is 4.57 Å². The lowest BCUT2D eigenvalue weighted by Gasteiger charge is -2.05. The third kappa shape index (κ3) is 6.37. The second kappa shape index (κ2) is 10.7. The van der Waals surface area contributed by atoms with Crippen molar-refractivity contribution in [2.45, 2.75) is 38.5 Å². The molecule has 32 heavy (non-hydrogen) atoms. The molecule has 1 heterocycles. The molecule has 3 aromatic rings. The van der Waals surface area contributed by atoms with Crippen molar-refractivity contribution >= 4 is 43.3 Å². The van der Waals surface area contributed by atoms with E-state index in [-0.39, 0.29) is 30.9 Å². The first-order chi connectivity index (χ1) is 15.3. The Morgan fingerprint density at radius 2 is 1.84 bits per heavy atom. The molecule has 1 aromatic heterocycles. The third-order valence-electron chi connectivity index (χ3n) is 4.97. The normalized spacial score (nSPS) is 12.2. The minimum absolute atomic E-state index is 0.0146. The number of hydrogen-bond donors (Lipinski definition) is 0. The number of benzene rings is 2. The maximum Gasteiger partial charge on any atom is 0.325 e. The zero-order valence-corrected chi connectivity index (χ0v) is 19.7. The topological polar surface area (TPSA) is 94.8 Å². The van der Waals surface area contributed by atoms with Gasteiger partial charge in [-0.15, -0.1) is 0 Å². The summed E-state index contributed by atoms with van der Waals surface area (Å²) >= 11 is 1.32. The number of rotatable bonds is 9. The maximum atomic E-state index is 12.5. The number of hydrogen-bond acceptors (Lipinski definition) is 6. The van der Waals surface area contributed by atoms with Crippen LogP contribution in [0.15, 0.2) is 53.5 Å². The van der Waals surface area contributed by atoms with E-state index in [2.05, 4.69) is 11.9 Å². The van der Waals surface area contributed by atoms with Gasteiger partial charge in [0, 0.05) is 6.42 Å². The zero-order chi connectivity index (χ0) is 23.1. The molecule has 0 radical (unpaired) electrons. The Labute approximate surface area is 191 Å². The van der Waals surface area contributed by atoms with E-state index in [1.54, 1.807) is 28.8 Å². The molecule has 9 heteroatoms. The Bertz CT molecular complexity index is 1270. The number of esters is 1. The highest BCUT2D eigenvalue weighted by molar-refractivity contribution is 7.90. The van der Waals surface area contributed by atoms with Gasteiger partial charge >= 0.3 is 5.97 Å². The summed E-state index contributed by atoms with van der Waals surface area (Å²) in [6.07, 6.45) is 1.08. The van der Waals surface area contributed by atoms with Crippen molar-refractivity contribution in [2.75, 3.05) is 12.9 Å². The van der Waals surface area contributed by atoms with Crippen molar-refractivity contribution in [2.24, 2.45) is 4.99 Å². The number of methoxy groups -OCH3 is 1. The predicted molar refractivity (Wildman–Crippen MR) is 125 cm³/mol. The summed E-state index contributed by atoms with van der Waals surface area (Å²) in [5, 5.41) is 0. The van der Waals surface area contributed by atoms with Crippen molar-refractivity contribution in [3.05, 3.63) is 64.5 Å². The first-order valence-electron chi connectivity index (χ1n) is 10.3. The Morgan fingerprint density at radius 1 is 1.09 bits per heavy atom. The molecule has 0 bridgehead atoms. The number of ether oxygens (including phenoxy) is 1. The third-order valence-corrected chi connectivity index (χ3v) is 7.69. The van der Waals surface area contributed by atoms with Crippen molar-refractivity contribution in [3.63, 3.8) is 0 Å². The van der Waals surface area contributed by atoms with Gasteiger partial charge < -0.3 is 9.30 Å². The van der Waals surface area contributed by atoms with E-state index in [0.717, 1.165) is 27.8 Å². The van der Waals surface area contributed by atoms with Gasteiger partial charge in [0.2, 0.25) is 5.91 Å². The van der Waals surface area contributed by atoms with Gasteiger partial charge in [0.15, 0.2) is 14.6 Å². The molecule has 0 saturated carbocycles. The molecule has 3 rings (SSSR count). The Balaban J connectivity index is 1.74. The molecule has 0 aliphatic heterocycles. The van der Waals surface area contributed by atoms with Crippen LogP contribution < -0.4 is 4.80 Å². The number of carbonyl (C=O) groups excluding carboxylic acids is 2. The van der Waals surface area contributed by atoms with Gasteiger partial charge in [-0.1, -0.05) is 54.7 Å². The van der Waals surface area contributed by atoms with Crippen molar-refractivity contribution in [3.8, 4) is 0 Å². The lowest BCUT2D eigenvalue weighted by Crippen LogP contribution is -2.22. The summed E-state index contributed by atoms with van der Waals surface area (Å²) in [4.78, 5) is 28.9. The van der Waals surface area contributed by atoms with Gasteiger partial charge in [0.05, 0.1) is 28.8 Å². The molecule has 0 aliphatic carbocycles. The van der Waals surface area contributed by atoms with E-state index < -0.39 is 21.7 Å². The number of carbonyl (C=O) groups is 2. The molecule has 0 N–H and O–H groups in total. The fourth-order valence-electron chi connectivity index (χ4n) is 3.28. The molecule has 0 unspecified atom stereocenters. The van der Waals surface area contributed by atoms with Crippen LogP contribution in [0.1, 0.15) is 30.9 Å². The van der Waals surface area contributed by atoms with Crippen molar-refractivity contribution < 1.29 is 22.7 Å². The van der Waals surface area contributed by atoms with Crippen molar-refractivity contribution in [1.29, 1.82) is 0 Å². The summed E-state index contributed by atoms with van der Waals surface area (Å²) in [5.41, 5.74) is 2.67. The minimum atomic E-state index is -3.32. The van der Waals surface area contributed by atoms with Gasteiger partial charge in [-0.25, -0.2) is 8.42 Å². The molecule has 2 aromatic carbocycles. The van der Waals surface area contributed by atoms with Crippen LogP contribution in [0.25, 0.3) is 10.2 Å². The van der Waals surface area contributed by atoms with Crippen LogP contribution in [-0.4, -0.2) is 37.7 Å². The number of sulfone groups is 1. The average molecular weight is 475 g/mol. The number of amides is 1. The molecule has 0 spiro atoms. The highest BCUT2D eigenvalue weighted by Gasteiger charge is 2.15. The standard InChI is InChI=1S/C23H26N2O5S2/c1-3-17-11-12-19-20(14-17)31-23(25(19)15-22(27)30-2)24-21(26)10-7-13-32(28,29)16-18-8-5-4-6-9-18/h4-6,8-9,11-12,14H,3,7,10,13,15-16H2,1-2H3. The highest BCUT2D eigenvalue weighted by Crippen LogP contribution is 2.20. The van der Waals surface area contributed by atoms with Crippen LogP contribution in [0.3, 0.4) is 0 Å². The fourth-order valence-corrected chi connectivity index (χ4v) is 5.81. The fraction of sp³-hybridized carbons (Fsp3) is 0.348. The Hall–Kier alpha value is -2.78. The summed E-state index contributed by atoms with van der Waals surface area (Å²) < 4.78 is 32.0. The van der Waals surface area contributed by atoms with E-state index in [1.807, 2.05) is 24.3 Å². The Morgan fingerprint density at radius 3 is 2.53 bits per heavy atom. The molecule has 1 amide bonds. The molecular weight excluding hydrogens is 448 g/mol. The monoisotopic (exact) mass is 474 g/mol. The predicted octanol–water partition coefficient (Wildman–Crippen LogP) is 3.26. The summed E-state index contributed by atoms with van der Waals surface area (Å²) in [6, 6.07) is 14.9. The molecule has 0 fully saturated rings. The smallest absolute Gasteiger partial charge is 0.325 e. The summed E-state index contributed by atoms with van der Waals surface area (Å²) in [5.74, 6) is -0.989. The van der Waals surface area contributed by atoms with E-state index in [1.165, 1.54) is 18.4 Å². The number of fused-ring (bicyclic) bond motifs is 1. The maximum absolute atomic E-state index is 12.5. The minimum Gasteiger partial charge on any atom is -0.468 e. The highest BCUT2D eigenvalue weighted by atomic mass is 32.2. The number of thiazole rings is 1. The lowest BCUT2D eigenvalue weighted by molar-refractivity contribution is -0.141. The van der Waals surface area contributed by atoms with Crippen LogP contribution >= 0.6 is 11.3 Å². The Kier molecular flexibility index (Phi) is 7.98. The van der Waals surface area contributed by atoms with E-state index in [4.69, 9.17) is 4.74 Å². The van der Waals surface area contributed by atoms with Gasteiger partial charge in [-0.2, -0.15) is 4.99 Å². The lowest BCUT2D eigenvalue weighted by atomic mass is 10.2. The molecule has 7 nitrogen and oxygen atoms in total. The first kappa shape index (κ1) is 23.9. The van der Waals surface area contributed by atoms with Gasteiger partial charge in [0.1, 0.15) is 6.54 Å². The van der Waals surface area contributed by atoms with E-state index in [0.29, 0.717) is 4.80 Å². The summed E-state index contributed by atoms with van der Waals surface area (Å²) in [6.45, 7) is 2.00. The molecule has 0 saturated heterocycles. The second-order valence-electron chi connectivity index (χ2n) is 7.39. The largest absolute Gasteiger partial charge is 0.468 e. The van der Waals surface area contributed by atoms with Gasteiger partial charge in [-0.3, -0.25) is 9.59 Å². The molecule has 0 atom stereocenters. The van der Waals surface area contributed by atoms with Crippen LogP contribution in [-0.2, 0) is 42.9 Å². The van der Waals surface area contributed by atoms with Gasteiger partial charge in [-0.05, 0) is 36.1 Å². The number of aromatic nitrogens is 1. The molecular formula is C23H26N2O5S2. The molecule has 0 aliphatic rings. The zero-order valence-electron chi connectivity index (χ0n) is 18.1. The van der Waals surface area contributed by atoms with E-state index >= 15 is 0 Å². The van der Waals surface area contributed by atoms with Crippen LogP contribution in [0, 0.1) is 0 Å². The van der Waals surface area contributed by atoms with Gasteiger partial charge in [0.25, 0.3) is 0 Å². The van der Waals surface area contributed by atoms with E-state index in [9.17, 15) is 18.0 Å². The SMILES string of the molecule is CCc1ccc2c(c1)sc(=NC(=O)CCCS(=O)(=O)Cc1ccccc1)n2CC(=O)OC.